The molecule has 0 saturated carbocycles. The molecule has 2 heterocycles. The number of halogens is 2. The second-order valence-corrected chi connectivity index (χ2v) is 11.4. The van der Waals surface area contributed by atoms with Crippen molar-refractivity contribution in [1.82, 2.24) is 0 Å². The summed E-state index contributed by atoms with van der Waals surface area (Å²) < 4.78 is 26.5. The first-order valence-electron chi connectivity index (χ1n) is 14.9. The highest BCUT2D eigenvalue weighted by molar-refractivity contribution is 9.10. The predicted molar refractivity (Wildman–Crippen MR) is 165 cm³/mol. The number of rotatable bonds is 18. The van der Waals surface area contributed by atoms with Crippen molar-refractivity contribution < 1.29 is 50.4 Å². The molecule has 0 amide bonds. The van der Waals surface area contributed by atoms with Gasteiger partial charge in [-0.25, -0.2) is 0 Å². The van der Waals surface area contributed by atoms with E-state index in [0.29, 0.717) is 12.4 Å². The van der Waals surface area contributed by atoms with E-state index in [4.69, 9.17) is 18.9 Å². The Hall–Kier alpha value is -2.79. The Labute approximate surface area is 272 Å². The Morgan fingerprint density at radius 1 is 0.814 bits per heavy atom. The quantitative estimate of drug-likeness (QED) is 0.0818. The first-order valence-corrected chi connectivity index (χ1v) is 15.7. The fourth-order valence-electron chi connectivity index (χ4n) is 5.65. The van der Waals surface area contributed by atoms with E-state index in [1.54, 1.807) is 21.3 Å². The Morgan fingerprint density at radius 3 is 2.00 bits per heavy atom. The van der Waals surface area contributed by atoms with Gasteiger partial charge in [-0.3, -0.25) is 0 Å². The van der Waals surface area contributed by atoms with Crippen molar-refractivity contribution in [2.24, 2.45) is 0 Å². The number of pyridine rings is 1. The zero-order chi connectivity index (χ0) is 29.9. The molecular weight excluding hydrogens is 684 g/mol. The lowest BCUT2D eigenvalue weighted by Crippen LogP contribution is -3.00. The van der Waals surface area contributed by atoms with E-state index in [-0.39, 0.29) is 23.6 Å². The zero-order valence-corrected chi connectivity index (χ0v) is 28.5. The van der Waals surface area contributed by atoms with Crippen LogP contribution < -0.4 is 40.5 Å². The molecule has 1 aromatic heterocycles. The molecule has 0 atom stereocenters. The van der Waals surface area contributed by atoms with Crippen LogP contribution in [0.15, 0.2) is 34.9 Å². The highest BCUT2D eigenvalue weighted by Crippen LogP contribution is 2.44. The molecule has 0 bridgehead atoms. The van der Waals surface area contributed by atoms with Crippen molar-refractivity contribution in [2.45, 2.75) is 77.2 Å². The van der Waals surface area contributed by atoms with Gasteiger partial charge in [0.05, 0.1) is 50.0 Å². The van der Waals surface area contributed by atoms with Gasteiger partial charge in [0.15, 0.2) is 35.7 Å². The molecule has 0 spiro atoms. The Balaban J connectivity index is 0.00000506. The maximum absolute atomic E-state index is 10.1. The summed E-state index contributed by atoms with van der Waals surface area (Å²) in [7, 11) is 5.02. The number of nitrogens with zero attached hydrogens (tertiary/aromatic N) is 2. The fraction of sp³-hybridized carbons (Fsp3) is 0.531. The highest BCUT2D eigenvalue weighted by atomic mass is 79.9. The van der Waals surface area contributed by atoms with Gasteiger partial charge in [0.25, 0.3) is 5.09 Å². The number of unbranched alkanes of at least 4 members (excludes halogenated alkanes) is 9. The van der Waals surface area contributed by atoms with Crippen molar-refractivity contribution in [3.05, 3.63) is 50.6 Å². The van der Waals surface area contributed by atoms with Gasteiger partial charge in [0.1, 0.15) is 0 Å². The maximum atomic E-state index is 10.1. The van der Waals surface area contributed by atoms with E-state index in [1.165, 1.54) is 37.7 Å². The summed E-state index contributed by atoms with van der Waals surface area (Å²) in [5.74, 6) is 2.99. The first-order chi connectivity index (χ1) is 20.5. The maximum Gasteiger partial charge on any atom is 0.294 e. The van der Waals surface area contributed by atoms with Gasteiger partial charge in [0, 0.05) is 11.8 Å². The average molecular weight is 727 g/mol. The molecule has 4 rings (SSSR count). The SMILES string of the molecule is COc1cc2c(cc1OC)-c1c(Br)c3ccc(OC)c(OCCCCCCCCCCCCO[N+](=O)[O-])c3c[n+]1CC2.[Br-]. The van der Waals surface area contributed by atoms with E-state index >= 15 is 0 Å². The third kappa shape index (κ3) is 8.88. The number of ether oxygens (including phenoxy) is 4. The third-order valence-corrected chi connectivity index (χ3v) is 8.67. The van der Waals surface area contributed by atoms with Crippen LogP contribution in [0.25, 0.3) is 22.0 Å². The second kappa shape index (κ2) is 17.5. The zero-order valence-electron chi connectivity index (χ0n) is 25.3. The number of methoxy groups -OCH3 is 3. The number of hydrogen-bond donors (Lipinski definition) is 0. The summed E-state index contributed by atoms with van der Waals surface area (Å²) in [5, 5.41) is 11.5. The molecule has 0 aliphatic carbocycles. The largest absolute Gasteiger partial charge is 1.00 e. The van der Waals surface area contributed by atoms with Gasteiger partial charge >= 0.3 is 0 Å². The van der Waals surface area contributed by atoms with E-state index < -0.39 is 5.09 Å². The molecule has 3 aromatic rings. The van der Waals surface area contributed by atoms with Crippen LogP contribution in [-0.2, 0) is 17.8 Å². The van der Waals surface area contributed by atoms with Crippen molar-refractivity contribution in [3.8, 4) is 34.3 Å². The number of hydrogen-bond acceptors (Lipinski definition) is 7. The van der Waals surface area contributed by atoms with Crippen molar-refractivity contribution in [2.75, 3.05) is 34.5 Å². The van der Waals surface area contributed by atoms with Crippen LogP contribution in [0.5, 0.6) is 23.0 Å². The average Bonchev–Trinajstić information content (AvgIpc) is 3.00. The molecule has 0 N–H and O–H groups in total. The third-order valence-electron chi connectivity index (χ3n) is 7.86. The Kier molecular flexibility index (Phi) is 14.1. The fourth-order valence-corrected chi connectivity index (χ4v) is 6.44. The van der Waals surface area contributed by atoms with Crippen LogP contribution >= 0.6 is 15.9 Å². The van der Waals surface area contributed by atoms with Crippen LogP contribution in [-0.4, -0.2) is 39.6 Å². The highest BCUT2D eigenvalue weighted by Gasteiger charge is 2.30. The minimum absolute atomic E-state index is 0. The molecule has 1 aliphatic heterocycles. The number of aromatic nitrogens is 1. The van der Waals surface area contributed by atoms with Crippen LogP contribution in [0.4, 0.5) is 0 Å². The standard InChI is InChI=1S/C32H42BrN2O7.BrH/c1-38-27-15-14-24-26(32(27)41-18-12-10-8-6-4-5-7-9-11-13-19-42-35(36)37)22-34-17-16-23-20-28(39-2)29(40-3)21-25(23)31(34)30(24)33;/h14-15,20-22H,4-13,16-19H2,1-3H3;1H/q+1;/p-1. The summed E-state index contributed by atoms with van der Waals surface area (Å²) in [6.07, 6.45) is 14.0. The summed E-state index contributed by atoms with van der Waals surface area (Å²) in [6, 6.07) is 8.21. The van der Waals surface area contributed by atoms with Crippen LogP contribution in [0.2, 0.25) is 0 Å². The van der Waals surface area contributed by atoms with E-state index in [2.05, 4.69) is 49.7 Å². The number of fused-ring (bicyclic) bond motifs is 4. The smallest absolute Gasteiger partial charge is 0.294 e. The van der Waals surface area contributed by atoms with Crippen LogP contribution in [0.3, 0.4) is 0 Å². The van der Waals surface area contributed by atoms with E-state index in [1.807, 2.05) is 6.07 Å². The molecule has 236 valence electrons. The van der Waals surface area contributed by atoms with Crippen molar-refractivity contribution >= 4 is 26.7 Å². The molecule has 0 fully saturated rings. The lowest BCUT2D eigenvalue weighted by molar-refractivity contribution is -0.757. The number of benzene rings is 2. The molecule has 9 nitrogen and oxygen atoms in total. The van der Waals surface area contributed by atoms with Crippen molar-refractivity contribution in [1.29, 1.82) is 0 Å². The molecule has 0 saturated heterocycles. The van der Waals surface area contributed by atoms with Gasteiger partial charge in [-0.1, -0.05) is 51.4 Å². The molecule has 0 radical (unpaired) electrons. The van der Waals surface area contributed by atoms with Crippen LogP contribution in [0.1, 0.15) is 69.8 Å². The Morgan fingerprint density at radius 2 is 1.40 bits per heavy atom. The van der Waals surface area contributed by atoms with Gasteiger partial charge in [0.2, 0.25) is 5.69 Å². The lowest BCUT2D eigenvalue weighted by Gasteiger charge is -2.20. The minimum atomic E-state index is -0.719. The molecule has 11 heteroatoms. The molecule has 0 unspecified atom stereocenters. The lowest BCUT2D eigenvalue weighted by atomic mass is 9.95. The topological polar surface area (TPSA) is 93.2 Å². The molecular formula is C32H42Br2N2O7. The van der Waals surface area contributed by atoms with Crippen LogP contribution in [0, 0.1) is 10.1 Å². The molecule has 2 aromatic carbocycles. The predicted octanol–water partition coefficient (Wildman–Crippen LogP) is 4.63. The number of aryl methyl sites for hydroxylation is 2. The van der Waals surface area contributed by atoms with Gasteiger partial charge in [-0.05, 0) is 58.6 Å². The summed E-state index contributed by atoms with van der Waals surface area (Å²) in [4.78, 5) is 14.5. The Bertz CT molecular complexity index is 1370. The summed E-state index contributed by atoms with van der Waals surface area (Å²) in [6.45, 7) is 1.69. The minimum Gasteiger partial charge on any atom is -1.00 e. The monoisotopic (exact) mass is 724 g/mol. The summed E-state index contributed by atoms with van der Waals surface area (Å²) in [5.41, 5.74) is 3.48. The van der Waals surface area contributed by atoms with E-state index in [9.17, 15) is 10.1 Å². The van der Waals surface area contributed by atoms with Gasteiger partial charge in [-0.2, -0.15) is 4.57 Å². The van der Waals surface area contributed by atoms with Gasteiger partial charge < -0.3 is 40.8 Å². The normalized spacial score (nSPS) is 11.7. The molecule has 43 heavy (non-hydrogen) atoms. The van der Waals surface area contributed by atoms with E-state index in [0.717, 1.165) is 88.8 Å². The van der Waals surface area contributed by atoms with Crippen molar-refractivity contribution in [3.63, 3.8) is 0 Å². The second-order valence-electron chi connectivity index (χ2n) is 10.6. The summed E-state index contributed by atoms with van der Waals surface area (Å²) >= 11 is 3.93. The van der Waals surface area contributed by atoms with Gasteiger partial charge in [-0.15, -0.1) is 10.1 Å². The first kappa shape index (κ1) is 34.7. The molecule has 1 aliphatic rings.